The highest BCUT2D eigenvalue weighted by Gasteiger charge is 2.26. The largest absolute Gasteiger partial charge is 0.363 e. The number of nitrogens with zero attached hydrogens (tertiary/aromatic N) is 3. The van der Waals surface area contributed by atoms with Crippen LogP contribution in [0.3, 0.4) is 0 Å². The molecule has 1 heterocycles. The number of hydrogen-bond acceptors (Lipinski definition) is 6. The van der Waals surface area contributed by atoms with Crippen LogP contribution in [-0.2, 0) is 4.79 Å². The van der Waals surface area contributed by atoms with Crippen LogP contribution in [0.15, 0.2) is 42.5 Å². The molecular weight excluding hydrogens is 417 g/mol. The third-order valence-electron chi connectivity index (χ3n) is 5.08. The zero-order chi connectivity index (χ0) is 23.3. The van der Waals surface area contributed by atoms with Gasteiger partial charge in [0.1, 0.15) is 11.5 Å². The second-order valence-corrected chi connectivity index (χ2v) is 7.88. The summed E-state index contributed by atoms with van der Waals surface area (Å²) in [6.45, 7) is 5.71. The molecule has 9 nitrogen and oxygen atoms in total. The Bertz CT molecular complexity index is 1010. The Morgan fingerprint density at radius 2 is 1.81 bits per heavy atom. The number of amides is 2. The highest BCUT2D eigenvalue weighted by Crippen LogP contribution is 2.30. The van der Waals surface area contributed by atoms with Crippen LogP contribution in [0.2, 0.25) is 0 Å². The van der Waals surface area contributed by atoms with Gasteiger partial charge in [-0.3, -0.25) is 24.6 Å². The number of carbonyl (C=O) groups is 2. The van der Waals surface area contributed by atoms with Gasteiger partial charge in [0, 0.05) is 43.9 Å². The van der Waals surface area contributed by atoms with Crippen molar-refractivity contribution in [3.8, 4) is 0 Å². The minimum absolute atomic E-state index is 0.0788. The molecule has 2 N–H and O–H groups in total. The molecule has 2 amide bonds. The van der Waals surface area contributed by atoms with Crippen molar-refractivity contribution in [1.29, 1.82) is 0 Å². The average Bonchev–Trinajstić information content (AvgIpc) is 2.75. The maximum absolute atomic E-state index is 13.7. The first-order chi connectivity index (χ1) is 15.2. The van der Waals surface area contributed by atoms with Crippen molar-refractivity contribution in [3.63, 3.8) is 0 Å². The molecule has 2 aromatic rings. The van der Waals surface area contributed by atoms with Crippen LogP contribution in [0.5, 0.6) is 0 Å². The summed E-state index contributed by atoms with van der Waals surface area (Å²) in [5.74, 6) is -1.18. The van der Waals surface area contributed by atoms with E-state index in [4.69, 9.17) is 0 Å². The predicted molar refractivity (Wildman–Crippen MR) is 119 cm³/mol. The van der Waals surface area contributed by atoms with Gasteiger partial charge in [-0.1, -0.05) is 12.1 Å². The fourth-order valence-electron chi connectivity index (χ4n) is 3.53. The Morgan fingerprint density at radius 1 is 1.12 bits per heavy atom. The van der Waals surface area contributed by atoms with Gasteiger partial charge in [0.15, 0.2) is 0 Å². The first kappa shape index (κ1) is 23.1. The Hall–Kier alpha value is -3.53. The number of nitro groups is 1. The van der Waals surface area contributed by atoms with Gasteiger partial charge in [0.25, 0.3) is 11.6 Å². The molecule has 3 rings (SSSR count). The van der Waals surface area contributed by atoms with Crippen molar-refractivity contribution in [3.05, 3.63) is 64.0 Å². The van der Waals surface area contributed by atoms with Gasteiger partial charge >= 0.3 is 0 Å². The number of hydrogen-bond donors (Lipinski definition) is 2. The van der Waals surface area contributed by atoms with Crippen LogP contribution in [0, 0.1) is 15.9 Å². The third kappa shape index (κ3) is 5.79. The van der Waals surface area contributed by atoms with Crippen LogP contribution < -0.4 is 15.5 Å². The minimum Gasteiger partial charge on any atom is -0.363 e. The zero-order valence-corrected chi connectivity index (χ0v) is 18.0. The molecule has 0 spiro atoms. The van der Waals surface area contributed by atoms with Crippen LogP contribution >= 0.6 is 0 Å². The molecule has 0 bridgehead atoms. The monoisotopic (exact) mass is 443 g/mol. The van der Waals surface area contributed by atoms with Crippen molar-refractivity contribution >= 4 is 28.9 Å². The molecule has 0 radical (unpaired) electrons. The molecule has 1 fully saturated rings. The molecule has 2 aromatic carbocycles. The second kappa shape index (κ2) is 10.2. The summed E-state index contributed by atoms with van der Waals surface area (Å²) < 4.78 is 13.7. The number of nitro benzene ring substituents is 1. The maximum atomic E-state index is 13.7. The number of rotatable bonds is 7. The lowest BCUT2D eigenvalue weighted by atomic mass is 10.1. The molecule has 170 valence electrons. The van der Waals surface area contributed by atoms with E-state index in [-0.39, 0.29) is 41.3 Å². The number of piperazine rings is 1. The Balaban J connectivity index is 1.61. The number of halogens is 1. The predicted octanol–water partition coefficient (Wildman–Crippen LogP) is 2.63. The number of benzene rings is 2. The van der Waals surface area contributed by atoms with E-state index in [2.05, 4.69) is 10.6 Å². The summed E-state index contributed by atoms with van der Waals surface area (Å²) in [7, 11) is 0. The standard InChI is InChI=1S/C22H26FN5O4/c1-15(2)24-22(30)16-7-8-19(20(13-16)28(31)32)27-11-9-26(10-12-27)14-21(29)25-18-6-4-3-5-17(18)23/h3-8,13,15H,9-12,14H2,1-2H3,(H,24,30)(H,25,29). The van der Waals surface area contributed by atoms with E-state index in [1.54, 1.807) is 24.3 Å². The lowest BCUT2D eigenvalue weighted by Gasteiger charge is -2.35. The van der Waals surface area contributed by atoms with Crippen molar-refractivity contribution in [2.24, 2.45) is 0 Å². The van der Waals surface area contributed by atoms with Crippen LogP contribution in [0.1, 0.15) is 24.2 Å². The van der Waals surface area contributed by atoms with Crippen LogP contribution in [0.25, 0.3) is 0 Å². The lowest BCUT2D eigenvalue weighted by molar-refractivity contribution is -0.384. The molecule has 1 saturated heterocycles. The average molecular weight is 443 g/mol. The van der Waals surface area contributed by atoms with Crippen molar-refractivity contribution in [2.45, 2.75) is 19.9 Å². The number of nitrogens with one attached hydrogen (secondary N) is 2. The van der Waals surface area contributed by atoms with Crippen LogP contribution in [-0.4, -0.2) is 60.4 Å². The molecule has 0 atom stereocenters. The molecule has 0 unspecified atom stereocenters. The van der Waals surface area contributed by atoms with Gasteiger partial charge in [0.2, 0.25) is 5.91 Å². The highest BCUT2D eigenvalue weighted by atomic mass is 19.1. The van der Waals surface area contributed by atoms with E-state index < -0.39 is 10.7 Å². The normalized spacial score (nSPS) is 14.3. The summed E-state index contributed by atoms with van der Waals surface area (Å²) in [4.78, 5) is 39.4. The fourth-order valence-corrected chi connectivity index (χ4v) is 3.53. The lowest BCUT2D eigenvalue weighted by Crippen LogP contribution is -2.48. The van der Waals surface area contributed by atoms with Crippen molar-refractivity contribution in [2.75, 3.05) is 42.9 Å². The molecule has 0 aromatic heterocycles. The highest BCUT2D eigenvalue weighted by molar-refractivity contribution is 5.96. The SMILES string of the molecule is CC(C)NC(=O)c1ccc(N2CCN(CC(=O)Nc3ccccc3F)CC2)c([N+](=O)[O-])c1. The quantitative estimate of drug-likeness (QED) is 0.503. The molecular formula is C22H26FN5O4. The van der Waals surface area contributed by atoms with Crippen molar-refractivity contribution < 1.29 is 18.9 Å². The van der Waals surface area contributed by atoms with Crippen LogP contribution in [0.4, 0.5) is 21.5 Å². The summed E-state index contributed by atoms with van der Waals surface area (Å²) in [5, 5.41) is 16.9. The van der Waals surface area contributed by atoms with Gasteiger partial charge < -0.3 is 15.5 Å². The Morgan fingerprint density at radius 3 is 2.44 bits per heavy atom. The molecule has 10 heteroatoms. The minimum atomic E-state index is -0.497. The zero-order valence-electron chi connectivity index (χ0n) is 18.0. The smallest absolute Gasteiger partial charge is 0.293 e. The summed E-state index contributed by atoms with van der Waals surface area (Å²) >= 11 is 0. The van der Waals surface area contributed by atoms with Gasteiger partial charge in [-0.05, 0) is 38.1 Å². The Kier molecular flexibility index (Phi) is 7.37. The Labute approximate surface area is 185 Å². The van der Waals surface area contributed by atoms with E-state index in [1.165, 1.54) is 18.2 Å². The molecule has 0 aliphatic carbocycles. The topological polar surface area (TPSA) is 108 Å². The number of anilines is 2. The second-order valence-electron chi connectivity index (χ2n) is 7.88. The maximum Gasteiger partial charge on any atom is 0.293 e. The van der Waals surface area contributed by atoms with Gasteiger partial charge in [-0.25, -0.2) is 4.39 Å². The first-order valence-electron chi connectivity index (χ1n) is 10.4. The van der Waals surface area contributed by atoms with E-state index in [9.17, 15) is 24.1 Å². The van der Waals surface area contributed by atoms with Gasteiger partial charge in [-0.2, -0.15) is 0 Å². The van der Waals surface area contributed by atoms with E-state index in [1.807, 2.05) is 23.6 Å². The first-order valence-corrected chi connectivity index (χ1v) is 10.4. The summed E-state index contributed by atoms with van der Waals surface area (Å²) in [6.07, 6.45) is 0. The number of para-hydroxylation sites is 1. The fraction of sp³-hybridized carbons (Fsp3) is 0.364. The molecule has 1 aliphatic heterocycles. The number of carbonyl (C=O) groups excluding carboxylic acids is 2. The molecule has 32 heavy (non-hydrogen) atoms. The third-order valence-corrected chi connectivity index (χ3v) is 5.08. The summed E-state index contributed by atoms with van der Waals surface area (Å²) in [6, 6.07) is 10.3. The molecule has 1 aliphatic rings. The van der Waals surface area contributed by atoms with E-state index >= 15 is 0 Å². The molecule has 0 saturated carbocycles. The van der Waals surface area contributed by atoms with Crippen molar-refractivity contribution in [1.82, 2.24) is 10.2 Å². The van der Waals surface area contributed by atoms with Gasteiger partial charge in [-0.15, -0.1) is 0 Å². The van der Waals surface area contributed by atoms with E-state index in [0.29, 0.717) is 31.9 Å². The summed E-state index contributed by atoms with van der Waals surface area (Å²) in [5.41, 5.74) is 0.671. The van der Waals surface area contributed by atoms with E-state index in [0.717, 1.165) is 0 Å². The van der Waals surface area contributed by atoms with Gasteiger partial charge in [0.05, 0.1) is 17.2 Å².